The minimum absolute atomic E-state index is 0.130. The van der Waals surface area contributed by atoms with E-state index >= 15 is 0 Å². The van der Waals surface area contributed by atoms with Gasteiger partial charge in [0.15, 0.2) is 0 Å². The van der Waals surface area contributed by atoms with E-state index in [9.17, 15) is 0 Å². The predicted octanol–water partition coefficient (Wildman–Crippen LogP) is 4.98. The average Bonchev–Trinajstić information content (AvgIpc) is 2.30. The third-order valence-corrected chi connectivity index (χ3v) is 4.65. The summed E-state index contributed by atoms with van der Waals surface area (Å²) < 4.78 is 0. The van der Waals surface area contributed by atoms with E-state index in [1.54, 1.807) is 0 Å². The molecule has 1 aliphatic rings. The van der Waals surface area contributed by atoms with Gasteiger partial charge in [0.25, 0.3) is 0 Å². The van der Waals surface area contributed by atoms with Crippen LogP contribution >= 0.6 is 23.2 Å². The van der Waals surface area contributed by atoms with Gasteiger partial charge < -0.3 is 5.73 Å². The molecular formula is C15H21Cl2N. The van der Waals surface area contributed by atoms with Crippen molar-refractivity contribution in [1.29, 1.82) is 0 Å². The molecule has 100 valence electrons. The van der Waals surface area contributed by atoms with Crippen LogP contribution in [-0.2, 0) is 6.42 Å². The molecule has 0 bridgehead atoms. The first-order valence-corrected chi connectivity index (χ1v) is 7.58. The average molecular weight is 286 g/mol. The molecule has 18 heavy (non-hydrogen) atoms. The van der Waals surface area contributed by atoms with Gasteiger partial charge in [-0.15, -0.1) is 0 Å². The van der Waals surface area contributed by atoms with Gasteiger partial charge in [-0.2, -0.15) is 0 Å². The summed E-state index contributed by atoms with van der Waals surface area (Å²) in [6.07, 6.45) is 9.35. The fraction of sp³-hybridized carbons (Fsp3) is 0.600. The second-order valence-corrected chi connectivity index (χ2v) is 6.32. The van der Waals surface area contributed by atoms with Crippen molar-refractivity contribution >= 4 is 23.2 Å². The van der Waals surface area contributed by atoms with E-state index in [-0.39, 0.29) is 5.54 Å². The lowest BCUT2D eigenvalue weighted by Crippen LogP contribution is -2.42. The largest absolute Gasteiger partial charge is 0.325 e. The Hall–Kier alpha value is -0.240. The summed E-state index contributed by atoms with van der Waals surface area (Å²) in [6, 6.07) is 5.68. The minimum atomic E-state index is -0.130. The van der Waals surface area contributed by atoms with Crippen molar-refractivity contribution in [3.05, 3.63) is 33.8 Å². The van der Waals surface area contributed by atoms with Gasteiger partial charge in [0.1, 0.15) is 0 Å². The Balaban J connectivity index is 2.14. The van der Waals surface area contributed by atoms with Crippen LogP contribution in [-0.4, -0.2) is 5.54 Å². The Morgan fingerprint density at radius 1 is 0.944 bits per heavy atom. The maximum Gasteiger partial charge on any atom is 0.0453 e. The summed E-state index contributed by atoms with van der Waals surface area (Å²) in [6.45, 7) is 0. The zero-order valence-corrected chi connectivity index (χ0v) is 12.2. The standard InChI is InChI=1S/C15H21Cl2N/c16-13-7-6-8-14(17)12(13)11-15(18)9-4-2-1-3-5-10-15/h6-8H,1-5,9-11,18H2. The lowest BCUT2D eigenvalue weighted by atomic mass is 9.80. The fourth-order valence-corrected chi connectivity index (χ4v) is 3.37. The van der Waals surface area contributed by atoms with Crippen molar-refractivity contribution in [3.8, 4) is 0 Å². The van der Waals surface area contributed by atoms with Crippen molar-refractivity contribution in [2.45, 2.75) is 56.9 Å². The van der Waals surface area contributed by atoms with Gasteiger partial charge >= 0.3 is 0 Å². The maximum atomic E-state index is 6.58. The number of rotatable bonds is 2. The number of benzene rings is 1. The lowest BCUT2D eigenvalue weighted by molar-refractivity contribution is 0.314. The van der Waals surface area contributed by atoms with Gasteiger partial charge in [-0.05, 0) is 37.0 Å². The Morgan fingerprint density at radius 3 is 2.00 bits per heavy atom. The van der Waals surface area contributed by atoms with Crippen molar-refractivity contribution in [2.24, 2.45) is 5.73 Å². The molecule has 1 saturated carbocycles. The van der Waals surface area contributed by atoms with E-state index < -0.39 is 0 Å². The highest BCUT2D eigenvalue weighted by Gasteiger charge is 2.27. The highest BCUT2D eigenvalue weighted by atomic mass is 35.5. The molecule has 0 saturated heterocycles. The van der Waals surface area contributed by atoms with Crippen molar-refractivity contribution in [3.63, 3.8) is 0 Å². The zero-order valence-electron chi connectivity index (χ0n) is 10.7. The van der Waals surface area contributed by atoms with Crippen LogP contribution in [0, 0.1) is 0 Å². The molecule has 1 aromatic rings. The highest BCUT2D eigenvalue weighted by molar-refractivity contribution is 6.36. The van der Waals surface area contributed by atoms with Gasteiger partial charge in [-0.3, -0.25) is 0 Å². The molecule has 2 N–H and O–H groups in total. The normalized spacial score (nSPS) is 20.2. The van der Waals surface area contributed by atoms with Gasteiger partial charge in [0.2, 0.25) is 0 Å². The molecule has 3 heteroatoms. The molecule has 0 spiro atoms. The SMILES string of the molecule is NC1(Cc2c(Cl)cccc2Cl)CCCCCCC1. The molecule has 1 aliphatic carbocycles. The van der Waals surface area contributed by atoms with Crippen LogP contribution < -0.4 is 5.73 Å². The first kappa shape index (κ1) is 14.2. The van der Waals surface area contributed by atoms with Crippen molar-refractivity contribution in [1.82, 2.24) is 0 Å². The summed E-state index contributed by atoms with van der Waals surface area (Å²) in [5.41, 5.74) is 7.47. The third kappa shape index (κ3) is 3.63. The van der Waals surface area contributed by atoms with Gasteiger partial charge in [-0.25, -0.2) is 0 Å². The van der Waals surface area contributed by atoms with E-state index in [0.29, 0.717) is 0 Å². The summed E-state index contributed by atoms with van der Waals surface area (Å²) in [5, 5.41) is 1.49. The Morgan fingerprint density at radius 2 is 1.44 bits per heavy atom. The highest BCUT2D eigenvalue weighted by Crippen LogP contribution is 2.33. The van der Waals surface area contributed by atoms with Gasteiger partial charge in [-0.1, -0.05) is 61.4 Å². The zero-order chi connectivity index (χ0) is 13.0. The van der Waals surface area contributed by atoms with Crippen LogP contribution in [0.25, 0.3) is 0 Å². The Labute approximate surface area is 120 Å². The number of hydrogen-bond donors (Lipinski definition) is 1. The van der Waals surface area contributed by atoms with Crippen LogP contribution in [0.5, 0.6) is 0 Å². The van der Waals surface area contributed by atoms with Crippen LogP contribution in [0.15, 0.2) is 18.2 Å². The Kier molecular flexibility index (Phi) is 4.94. The second kappa shape index (κ2) is 6.27. The molecule has 0 aromatic heterocycles. The van der Waals surface area contributed by atoms with Crippen molar-refractivity contribution < 1.29 is 0 Å². The minimum Gasteiger partial charge on any atom is -0.325 e. The van der Waals surface area contributed by atoms with Crippen LogP contribution in [0.4, 0.5) is 0 Å². The van der Waals surface area contributed by atoms with Gasteiger partial charge in [0.05, 0.1) is 0 Å². The monoisotopic (exact) mass is 285 g/mol. The topological polar surface area (TPSA) is 26.0 Å². The molecule has 0 atom stereocenters. The van der Waals surface area contributed by atoms with Crippen LogP contribution in [0.1, 0.15) is 50.5 Å². The summed E-state index contributed by atoms with van der Waals surface area (Å²) >= 11 is 12.5. The smallest absolute Gasteiger partial charge is 0.0453 e. The number of hydrogen-bond acceptors (Lipinski definition) is 1. The summed E-state index contributed by atoms with van der Waals surface area (Å²) in [5.74, 6) is 0. The molecule has 0 unspecified atom stereocenters. The van der Waals surface area contributed by atoms with Crippen LogP contribution in [0.2, 0.25) is 10.0 Å². The molecule has 1 fully saturated rings. The summed E-state index contributed by atoms with van der Waals surface area (Å²) in [7, 11) is 0. The molecule has 1 aromatic carbocycles. The molecule has 0 heterocycles. The van der Waals surface area contributed by atoms with E-state index in [4.69, 9.17) is 28.9 Å². The third-order valence-electron chi connectivity index (χ3n) is 3.94. The second-order valence-electron chi connectivity index (χ2n) is 5.51. The number of halogens is 2. The first-order chi connectivity index (χ1) is 8.61. The van der Waals surface area contributed by atoms with Crippen LogP contribution in [0.3, 0.4) is 0 Å². The number of nitrogens with two attached hydrogens (primary N) is 1. The van der Waals surface area contributed by atoms with Crippen molar-refractivity contribution in [2.75, 3.05) is 0 Å². The van der Waals surface area contributed by atoms with Gasteiger partial charge in [0, 0.05) is 15.6 Å². The summed E-state index contributed by atoms with van der Waals surface area (Å²) in [4.78, 5) is 0. The fourth-order valence-electron chi connectivity index (χ4n) is 2.84. The molecule has 0 radical (unpaired) electrons. The first-order valence-electron chi connectivity index (χ1n) is 6.82. The Bertz CT molecular complexity index is 375. The van der Waals surface area contributed by atoms with E-state index in [0.717, 1.165) is 34.9 Å². The maximum absolute atomic E-state index is 6.58. The molecule has 0 aliphatic heterocycles. The van der Waals surface area contributed by atoms with E-state index in [1.165, 1.54) is 32.1 Å². The van der Waals surface area contributed by atoms with E-state index in [2.05, 4.69) is 0 Å². The molecular weight excluding hydrogens is 265 g/mol. The molecule has 2 rings (SSSR count). The molecule has 0 amide bonds. The molecule has 1 nitrogen and oxygen atoms in total. The van der Waals surface area contributed by atoms with E-state index in [1.807, 2.05) is 18.2 Å². The lowest BCUT2D eigenvalue weighted by Gasteiger charge is -2.32. The predicted molar refractivity (Wildman–Crippen MR) is 79.4 cm³/mol. The quantitative estimate of drug-likeness (QED) is 0.815.